The molecule has 0 saturated carbocycles. The lowest BCUT2D eigenvalue weighted by atomic mass is 10.0. The van der Waals surface area contributed by atoms with Crippen LogP contribution in [0.2, 0.25) is 0 Å². The zero-order chi connectivity index (χ0) is 9.84. The van der Waals surface area contributed by atoms with Gasteiger partial charge in [-0.05, 0) is 25.0 Å². The van der Waals surface area contributed by atoms with Crippen LogP contribution in [0.5, 0.6) is 0 Å². The number of carbonyl (C=O) groups excluding carboxylic acids is 1. The van der Waals surface area contributed by atoms with E-state index in [1.54, 1.807) is 0 Å². The van der Waals surface area contributed by atoms with Crippen molar-refractivity contribution >= 4 is 5.97 Å². The first kappa shape index (κ1) is 9.78. The van der Waals surface area contributed by atoms with Crippen molar-refractivity contribution in [1.29, 1.82) is 0 Å². The number of carbonyl (C=O) groups is 1. The summed E-state index contributed by atoms with van der Waals surface area (Å²) in [5.41, 5.74) is 3.35. The molecule has 2 nitrogen and oxygen atoms in total. The van der Waals surface area contributed by atoms with E-state index in [0.717, 1.165) is 11.1 Å². The van der Waals surface area contributed by atoms with Gasteiger partial charge in [0.1, 0.15) is 0 Å². The summed E-state index contributed by atoms with van der Waals surface area (Å²) < 4.78 is 4.61. The first-order chi connectivity index (χ1) is 6.13. The average molecular weight is 178 g/mol. The standard InChI is InChI=1S/C11H14O2/c1-8-4-5-9(2)10(6-8)7-11(12)13-3/h4-6H,7H2,1-3H3. The third-order valence-corrected chi connectivity index (χ3v) is 2.07. The molecule has 0 spiro atoms. The molecular formula is C11H14O2. The van der Waals surface area contributed by atoms with Crippen molar-refractivity contribution in [2.75, 3.05) is 7.11 Å². The first-order valence-electron chi connectivity index (χ1n) is 4.26. The minimum atomic E-state index is -0.186. The number of benzene rings is 1. The SMILES string of the molecule is COC(=O)Cc1cc(C)ccc1C. The smallest absolute Gasteiger partial charge is 0.309 e. The number of esters is 1. The van der Waals surface area contributed by atoms with E-state index >= 15 is 0 Å². The second-order valence-electron chi connectivity index (χ2n) is 3.18. The Bertz CT molecular complexity index is 316. The molecule has 0 atom stereocenters. The van der Waals surface area contributed by atoms with Crippen LogP contribution in [-0.4, -0.2) is 13.1 Å². The summed E-state index contributed by atoms with van der Waals surface area (Å²) in [4.78, 5) is 11.0. The Kier molecular flexibility index (Phi) is 3.07. The van der Waals surface area contributed by atoms with Gasteiger partial charge in [-0.3, -0.25) is 4.79 Å². The van der Waals surface area contributed by atoms with Crippen LogP contribution < -0.4 is 0 Å². The summed E-state index contributed by atoms with van der Waals surface area (Å²) >= 11 is 0. The summed E-state index contributed by atoms with van der Waals surface area (Å²) in [6.07, 6.45) is 0.365. The van der Waals surface area contributed by atoms with E-state index in [9.17, 15) is 4.79 Å². The Labute approximate surface area is 78.5 Å². The predicted octanol–water partition coefficient (Wildman–Crippen LogP) is 2.02. The van der Waals surface area contributed by atoms with E-state index in [1.807, 2.05) is 32.0 Å². The van der Waals surface area contributed by atoms with Gasteiger partial charge in [0.15, 0.2) is 0 Å². The van der Waals surface area contributed by atoms with Gasteiger partial charge in [0.05, 0.1) is 13.5 Å². The van der Waals surface area contributed by atoms with Gasteiger partial charge >= 0.3 is 5.97 Å². The largest absolute Gasteiger partial charge is 0.469 e. The van der Waals surface area contributed by atoms with E-state index in [0.29, 0.717) is 6.42 Å². The Balaban J connectivity index is 2.87. The van der Waals surface area contributed by atoms with Gasteiger partial charge in [0.25, 0.3) is 0 Å². The molecule has 0 bridgehead atoms. The molecule has 13 heavy (non-hydrogen) atoms. The molecule has 2 heteroatoms. The van der Waals surface area contributed by atoms with E-state index in [-0.39, 0.29) is 5.97 Å². The first-order valence-corrected chi connectivity index (χ1v) is 4.26. The fourth-order valence-corrected chi connectivity index (χ4v) is 1.22. The lowest BCUT2D eigenvalue weighted by Crippen LogP contribution is -2.05. The van der Waals surface area contributed by atoms with Crippen LogP contribution in [0.1, 0.15) is 16.7 Å². The fourth-order valence-electron chi connectivity index (χ4n) is 1.22. The van der Waals surface area contributed by atoms with Crippen LogP contribution >= 0.6 is 0 Å². The molecule has 0 aromatic heterocycles. The summed E-state index contributed by atoms with van der Waals surface area (Å²) in [5, 5.41) is 0. The summed E-state index contributed by atoms with van der Waals surface area (Å²) in [7, 11) is 1.41. The van der Waals surface area contributed by atoms with Gasteiger partial charge < -0.3 is 4.74 Å². The van der Waals surface area contributed by atoms with Gasteiger partial charge in [0, 0.05) is 0 Å². The van der Waals surface area contributed by atoms with E-state index < -0.39 is 0 Å². The minimum absolute atomic E-state index is 0.186. The quantitative estimate of drug-likeness (QED) is 0.647. The molecule has 0 aliphatic carbocycles. The summed E-state index contributed by atoms with van der Waals surface area (Å²) in [5.74, 6) is -0.186. The summed E-state index contributed by atoms with van der Waals surface area (Å²) in [6.45, 7) is 4.01. The van der Waals surface area contributed by atoms with Gasteiger partial charge in [-0.25, -0.2) is 0 Å². The number of aryl methyl sites for hydroxylation is 2. The Morgan fingerprint density at radius 1 is 1.38 bits per heavy atom. The van der Waals surface area contributed by atoms with Crippen molar-refractivity contribution in [1.82, 2.24) is 0 Å². The Morgan fingerprint density at radius 3 is 2.69 bits per heavy atom. The molecule has 0 radical (unpaired) electrons. The number of hydrogen-bond acceptors (Lipinski definition) is 2. The molecule has 0 fully saturated rings. The highest BCUT2D eigenvalue weighted by molar-refractivity contribution is 5.72. The second-order valence-corrected chi connectivity index (χ2v) is 3.18. The maximum atomic E-state index is 11.0. The topological polar surface area (TPSA) is 26.3 Å². The number of rotatable bonds is 2. The van der Waals surface area contributed by atoms with Crippen LogP contribution in [0.15, 0.2) is 18.2 Å². The number of hydrogen-bond donors (Lipinski definition) is 0. The molecule has 0 aliphatic rings. The van der Waals surface area contributed by atoms with Crippen LogP contribution in [0.4, 0.5) is 0 Å². The monoisotopic (exact) mass is 178 g/mol. The highest BCUT2D eigenvalue weighted by atomic mass is 16.5. The zero-order valence-corrected chi connectivity index (χ0v) is 8.26. The Hall–Kier alpha value is -1.31. The van der Waals surface area contributed by atoms with E-state index in [1.165, 1.54) is 12.7 Å². The van der Waals surface area contributed by atoms with Crippen molar-refractivity contribution in [2.24, 2.45) is 0 Å². The number of ether oxygens (including phenoxy) is 1. The normalized spacial score (nSPS) is 9.77. The molecular weight excluding hydrogens is 164 g/mol. The van der Waals surface area contributed by atoms with Crippen molar-refractivity contribution in [3.63, 3.8) is 0 Å². The predicted molar refractivity (Wildman–Crippen MR) is 51.6 cm³/mol. The molecule has 0 unspecified atom stereocenters. The zero-order valence-electron chi connectivity index (χ0n) is 8.26. The molecule has 0 saturated heterocycles. The van der Waals surface area contributed by atoms with Crippen LogP contribution in [0.3, 0.4) is 0 Å². The fraction of sp³-hybridized carbons (Fsp3) is 0.364. The molecule has 0 aliphatic heterocycles. The number of methoxy groups -OCH3 is 1. The van der Waals surface area contributed by atoms with Crippen molar-refractivity contribution < 1.29 is 9.53 Å². The van der Waals surface area contributed by atoms with Gasteiger partial charge in [-0.15, -0.1) is 0 Å². The second kappa shape index (κ2) is 4.08. The van der Waals surface area contributed by atoms with Crippen LogP contribution in [0, 0.1) is 13.8 Å². The van der Waals surface area contributed by atoms with E-state index in [2.05, 4.69) is 4.74 Å². The third-order valence-electron chi connectivity index (χ3n) is 2.07. The maximum Gasteiger partial charge on any atom is 0.309 e. The highest BCUT2D eigenvalue weighted by Gasteiger charge is 2.05. The van der Waals surface area contributed by atoms with Crippen LogP contribution in [-0.2, 0) is 16.0 Å². The lowest BCUT2D eigenvalue weighted by molar-refractivity contribution is -0.139. The van der Waals surface area contributed by atoms with Gasteiger partial charge in [-0.1, -0.05) is 23.8 Å². The molecule has 1 aromatic rings. The van der Waals surface area contributed by atoms with Crippen molar-refractivity contribution in [3.05, 3.63) is 34.9 Å². The summed E-state index contributed by atoms with van der Waals surface area (Å²) in [6, 6.07) is 6.08. The Morgan fingerprint density at radius 2 is 2.08 bits per heavy atom. The highest BCUT2D eigenvalue weighted by Crippen LogP contribution is 2.11. The molecule has 0 amide bonds. The molecule has 1 aromatic carbocycles. The van der Waals surface area contributed by atoms with Crippen LogP contribution in [0.25, 0.3) is 0 Å². The van der Waals surface area contributed by atoms with Gasteiger partial charge in [0.2, 0.25) is 0 Å². The lowest BCUT2D eigenvalue weighted by Gasteiger charge is -2.05. The molecule has 70 valence electrons. The minimum Gasteiger partial charge on any atom is -0.469 e. The third kappa shape index (κ3) is 2.58. The average Bonchev–Trinajstić information content (AvgIpc) is 2.11. The van der Waals surface area contributed by atoms with Crippen molar-refractivity contribution in [3.8, 4) is 0 Å². The molecule has 0 heterocycles. The van der Waals surface area contributed by atoms with E-state index in [4.69, 9.17) is 0 Å². The maximum absolute atomic E-state index is 11.0. The molecule has 1 rings (SSSR count). The van der Waals surface area contributed by atoms with Gasteiger partial charge in [-0.2, -0.15) is 0 Å². The molecule has 0 N–H and O–H groups in total. The van der Waals surface area contributed by atoms with Crippen molar-refractivity contribution in [2.45, 2.75) is 20.3 Å².